The average Bonchev–Trinajstić information content (AvgIpc) is 3.33. The molecule has 7 nitrogen and oxygen atoms in total. The maximum absolute atomic E-state index is 12.0. The summed E-state index contributed by atoms with van der Waals surface area (Å²) in [5.74, 6) is 2.50. The van der Waals surface area contributed by atoms with Crippen LogP contribution in [-0.4, -0.2) is 48.2 Å². The number of carbonyl (C=O) groups excluding carboxylic acids is 1. The van der Waals surface area contributed by atoms with E-state index in [9.17, 15) is 4.79 Å². The number of anilines is 1. The van der Waals surface area contributed by atoms with Crippen LogP contribution in [0.1, 0.15) is 34.9 Å². The summed E-state index contributed by atoms with van der Waals surface area (Å²) < 4.78 is 11.1. The lowest BCUT2D eigenvalue weighted by Gasteiger charge is -2.28. The van der Waals surface area contributed by atoms with Gasteiger partial charge in [0, 0.05) is 30.9 Å². The number of aromatic nitrogens is 2. The molecule has 3 heterocycles. The number of hydrogen-bond acceptors (Lipinski definition) is 7. The third kappa shape index (κ3) is 4.37. The highest BCUT2D eigenvalue weighted by Crippen LogP contribution is 2.25. The molecule has 1 aliphatic carbocycles. The Bertz CT molecular complexity index is 784. The topological polar surface area (TPSA) is 80.5 Å². The van der Waals surface area contributed by atoms with Crippen molar-refractivity contribution in [2.24, 2.45) is 0 Å². The van der Waals surface area contributed by atoms with Gasteiger partial charge >= 0.3 is 0 Å². The molecule has 1 aliphatic heterocycles. The number of hydrogen-bond donors (Lipinski definition) is 1. The summed E-state index contributed by atoms with van der Waals surface area (Å²) in [4.78, 5) is 23.4. The van der Waals surface area contributed by atoms with Gasteiger partial charge < -0.3 is 19.4 Å². The zero-order chi connectivity index (χ0) is 17.9. The van der Waals surface area contributed by atoms with Crippen molar-refractivity contribution >= 4 is 23.5 Å². The maximum atomic E-state index is 12.0. The van der Waals surface area contributed by atoms with E-state index in [-0.39, 0.29) is 5.91 Å². The minimum Gasteiger partial charge on any atom is -0.455 e. The molecule has 2 aromatic rings. The van der Waals surface area contributed by atoms with Crippen molar-refractivity contribution in [2.75, 3.05) is 31.2 Å². The van der Waals surface area contributed by atoms with Crippen LogP contribution in [0.15, 0.2) is 27.8 Å². The SMILES string of the molecule is Cc1cc(N2CCOCC2)nc(SCc2ccc(C(=O)NC3CC3)o2)n1. The van der Waals surface area contributed by atoms with Gasteiger partial charge in [0.2, 0.25) is 0 Å². The Kier molecular flexibility index (Phi) is 5.12. The summed E-state index contributed by atoms with van der Waals surface area (Å²) in [6.07, 6.45) is 2.12. The van der Waals surface area contributed by atoms with Crippen molar-refractivity contribution in [1.29, 1.82) is 0 Å². The third-order valence-electron chi connectivity index (χ3n) is 4.30. The Labute approximate surface area is 156 Å². The molecule has 1 N–H and O–H groups in total. The zero-order valence-electron chi connectivity index (χ0n) is 14.7. The van der Waals surface area contributed by atoms with E-state index in [0.717, 1.165) is 56.4 Å². The van der Waals surface area contributed by atoms with Crippen LogP contribution in [0.4, 0.5) is 5.82 Å². The number of rotatable bonds is 6. The molecule has 0 radical (unpaired) electrons. The molecule has 26 heavy (non-hydrogen) atoms. The largest absolute Gasteiger partial charge is 0.455 e. The van der Waals surface area contributed by atoms with E-state index in [1.807, 2.05) is 19.1 Å². The van der Waals surface area contributed by atoms with E-state index < -0.39 is 0 Å². The first-order valence-electron chi connectivity index (χ1n) is 8.88. The van der Waals surface area contributed by atoms with Gasteiger partial charge in [0.15, 0.2) is 10.9 Å². The summed E-state index contributed by atoms with van der Waals surface area (Å²) in [5, 5.41) is 3.64. The van der Waals surface area contributed by atoms with Crippen molar-refractivity contribution in [3.63, 3.8) is 0 Å². The maximum Gasteiger partial charge on any atom is 0.287 e. The number of ether oxygens (including phenoxy) is 1. The van der Waals surface area contributed by atoms with Crippen LogP contribution in [0.5, 0.6) is 0 Å². The summed E-state index contributed by atoms with van der Waals surface area (Å²) in [6, 6.07) is 5.89. The molecule has 2 aliphatic rings. The number of nitrogens with one attached hydrogen (secondary N) is 1. The predicted octanol–water partition coefficient (Wildman–Crippen LogP) is 2.40. The molecule has 4 rings (SSSR count). The van der Waals surface area contributed by atoms with Crippen LogP contribution < -0.4 is 10.2 Å². The van der Waals surface area contributed by atoms with Crippen LogP contribution in [0.25, 0.3) is 0 Å². The molecule has 2 fully saturated rings. The molecule has 0 bridgehead atoms. The predicted molar refractivity (Wildman–Crippen MR) is 98.6 cm³/mol. The molecular formula is C18H22N4O3S. The fourth-order valence-electron chi connectivity index (χ4n) is 2.74. The average molecular weight is 374 g/mol. The molecule has 0 spiro atoms. The Hall–Kier alpha value is -2.06. The molecule has 0 atom stereocenters. The van der Waals surface area contributed by atoms with Crippen LogP contribution in [0.3, 0.4) is 0 Å². The highest BCUT2D eigenvalue weighted by molar-refractivity contribution is 7.98. The highest BCUT2D eigenvalue weighted by Gasteiger charge is 2.25. The second-order valence-electron chi connectivity index (χ2n) is 6.55. The van der Waals surface area contributed by atoms with E-state index in [1.54, 1.807) is 6.07 Å². The summed E-state index contributed by atoms with van der Waals surface area (Å²) in [5.41, 5.74) is 0.938. The van der Waals surface area contributed by atoms with Gasteiger partial charge in [-0.25, -0.2) is 9.97 Å². The standard InChI is InChI=1S/C18H22N4O3S/c1-12-10-16(22-6-8-24-9-7-22)21-18(19-12)26-11-14-4-5-15(25-14)17(23)20-13-2-3-13/h4-5,10,13H,2-3,6-9,11H2,1H3,(H,20,23). The normalized spacial score (nSPS) is 17.3. The Morgan fingerprint density at radius 3 is 2.88 bits per heavy atom. The molecule has 8 heteroatoms. The van der Waals surface area contributed by atoms with Gasteiger partial charge in [-0.3, -0.25) is 4.79 Å². The van der Waals surface area contributed by atoms with E-state index in [4.69, 9.17) is 9.15 Å². The van der Waals surface area contributed by atoms with Crippen molar-refractivity contribution in [2.45, 2.75) is 36.7 Å². The summed E-state index contributed by atoms with van der Waals surface area (Å²) in [7, 11) is 0. The van der Waals surface area contributed by atoms with Gasteiger partial charge in [-0.2, -0.15) is 0 Å². The molecule has 138 valence electrons. The number of carbonyl (C=O) groups is 1. The van der Waals surface area contributed by atoms with Crippen molar-refractivity contribution in [3.8, 4) is 0 Å². The number of aryl methyl sites for hydroxylation is 1. The van der Waals surface area contributed by atoms with E-state index in [0.29, 0.717) is 22.7 Å². The second-order valence-corrected chi connectivity index (χ2v) is 7.49. The number of amides is 1. The first kappa shape index (κ1) is 17.4. The van der Waals surface area contributed by atoms with Crippen molar-refractivity contribution in [1.82, 2.24) is 15.3 Å². The first-order valence-corrected chi connectivity index (χ1v) is 9.87. The smallest absolute Gasteiger partial charge is 0.287 e. The highest BCUT2D eigenvalue weighted by atomic mass is 32.2. The third-order valence-corrected chi connectivity index (χ3v) is 5.17. The second kappa shape index (κ2) is 7.67. The number of thioether (sulfide) groups is 1. The first-order chi connectivity index (χ1) is 12.7. The lowest BCUT2D eigenvalue weighted by Crippen LogP contribution is -2.36. The van der Waals surface area contributed by atoms with E-state index >= 15 is 0 Å². The lowest BCUT2D eigenvalue weighted by atomic mass is 10.3. The van der Waals surface area contributed by atoms with Crippen LogP contribution in [0.2, 0.25) is 0 Å². The van der Waals surface area contributed by atoms with E-state index in [1.165, 1.54) is 11.8 Å². The number of furan rings is 1. The molecule has 0 unspecified atom stereocenters. The lowest BCUT2D eigenvalue weighted by molar-refractivity contribution is 0.0922. The van der Waals surface area contributed by atoms with Crippen LogP contribution in [-0.2, 0) is 10.5 Å². The number of morpholine rings is 1. The molecule has 1 amide bonds. The fraction of sp³-hybridized carbons (Fsp3) is 0.500. The Morgan fingerprint density at radius 2 is 2.12 bits per heavy atom. The van der Waals surface area contributed by atoms with Gasteiger partial charge in [-0.05, 0) is 31.9 Å². The van der Waals surface area contributed by atoms with Crippen LogP contribution >= 0.6 is 11.8 Å². The Morgan fingerprint density at radius 1 is 1.31 bits per heavy atom. The minimum absolute atomic E-state index is 0.134. The minimum atomic E-state index is -0.134. The van der Waals surface area contributed by atoms with Crippen molar-refractivity contribution in [3.05, 3.63) is 35.4 Å². The zero-order valence-corrected chi connectivity index (χ0v) is 15.6. The summed E-state index contributed by atoms with van der Waals surface area (Å²) in [6.45, 7) is 5.12. The van der Waals surface area contributed by atoms with Gasteiger partial charge in [0.1, 0.15) is 11.6 Å². The van der Waals surface area contributed by atoms with E-state index in [2.05, 4.69) is 20.2 Å². The molecule has 1 saturated carbocycles. The van der Waals surface area contributed by atoms with Gasteiger partial charge in [-0.1, -0.05) is 11.8 Å². The number of nitrogens with zero attached hydrogens (tertiary/aromatic N) is 3. The Balaban J connectivity index is 1.38. The molecule has 0 aromatic carbocycles. The quantitative estimate of drug-likeness (QED) is 0.614. The molecule has 2 aromatic heterocycles. The molecular weight excluding hydrogens is 352 g/mol. The van der Waals surface area contributed by atoms with Gasteiger partial charge in [0.05, 0.1) is 19.0 Å². The summed E-state index contributed by atoms with van der Waals surface area (Å²) >= 11 is 1.51. The fourth-order valence-corrected chi connectivity index (χ4v) is 3.53. The van der Waals surface area contributed by atoms with Crippen molar-refractivity contribution < 1.29 is 13.9 Å². The van der Waals surface area contributed by atoms with Crippen LogP contribution in [0, 0.1) is 6.92 Å². The molecule has 1 saturated heterocycles. The van der Waals surface area contributed by atoms with Gasteiger partial charge in [-0.15, -0.1) is 0 Å². The monoisotopic (exact) mass is 374 g/mol. The van der Waals surface area contributed by atoms with Gasteiger partial charge in [0.25, 0.3) is 5.91 Å².